The van der Waals surface area contributed by atoms with Gasteiger partial charge in [0, 0.05) is 6.92 Å². The first-order valence-electron chi connectivity index (χ1n) is 3.06. The van der Waals surface area contributed by atoms with Crippen molar-refractivity contribution in [2.24, 2.45) is 0 Å². The van der Waals surface area contributed by atoms with Crippen LogP contribution in [-0.4, -0.2) is 4.92 Å². The van der Waals surface area contributed by atoms with E-state index in [0.29, 0.717) is 6.20 Å². The molecule has 64 valence electrons. The predicted octanol–water partition coefficient (Wildman–Crippen LogP) is 0.676. The minimum atomic E-state index is -1.12. The molecule has 0 spiro atoms. The fourth-order valence-electron chi connectivity index (χ4n) is 0.741. The molecule has 6 heteroatoms. The summed E-state index contributed by atoms with van der Waals surface area (Å²) < 4.78 is 12.9. The minimum absolute atomic E-state index is 0.0862. The highest BCUT2D eigenvalue weighted by molar-refractivity contribution is 5.28. The van der Waals surface area contributed by atoms with Gasteiger partial charge in [-0.2, -0.15) is 9.12 Å². The third-order valence-electron chi connectivity index (χ3n) is 1.37. The van der Waals surface area contributed by atoms with Crippen LogP contribution in [0.4, 0.5) is 10.1 Å². The van der Waals surface area contributed by atoms with Crippen molar-refractivity contribution in [1.82, 2.24) is 0 Å². The Balaban J connectivity index is 3.33. The molecule has 0 saturated heterocycles. The van der Waals surface area contributed by atoms with E-state index >= 15 is 0 Å². The topological polar surface area (TPSA) is 70.1 Å². The maximum Gasteiger partial charge on any atom is 0.317 e. The molecule has 0 fully saturated rings. The van der Waals surface area contributed by atoms with E-state index in [1.165, 1.54) is 6.92 Å². The van der Waals surface area contributed by atoms with Crippen LogP contribution in [0.2, 0.25) is 0 Å². The van der Waals surface area contributed by atoms with Crippen molar-refractivity contribution in [2.45, 2.75) is 6.92 Å². The lowest BCUT2D eigenvalue weighted by atomic mass is 10.3. The summed E-state index contributed by atoms with van der Waals surface area (Å²) in [6.07, 6.45) is 0.535. The van der Waals surface area contributed by atoms with Crippen LogP contribution < -0.4 is 4.73 Å². The molecule has 0 N–H and O–H groups in total. The SMILES string of the molecule is Cc1cc([N+](=O)[O-])c(F)c[n+]1[O-]. The quantitative estimate of drug-likeness (QED) is 0.270. The van der Waals surface area contributed by atoms with Gasteiger partial charge in [0.15, 0.2) is 5.69 Å². The molecule has 1 heterocycles. The van der Waals surface area contributed by atoms with Gasteiger partial charge in [-0.15, -0.1) is 0 Å². The number of pyridine rings is 1. The number of nitrogens with zero attached hydrogens (tertiary/aromatic N) is 2. The summed E-state index contributed by atoms with van der Waals surface area (Å²) in [5, 5.41) is 20.8. The Morgan fingerprint density at radius 2 is 2.25 bits per heavy atom. The third kappa shape index (κ3) is 1.31. The van der Waals surface area contributed by atoms with Gasteiger partial charge in [-0.25, -0.2) is 0 Å². The summed E-state index contributed by atoms with van der Waals surface area (Å²) in [6, 6.07) is 0.891. The zero-order chi connectivity index (χ0) is 9.30. The summed E-state index contributed by atoms with van der Waals surface area (Å²) >= 11 is 0. The molecule has 0 aliphatic carbocycles. The maximum absolute atomic E-state index is 12.6. The van der Waals surface area contributed by atoms with Crippen molar-refractivity contribution in [2.75, 3.05) is 0 Å². The zero-order valence-electron chi connectivity index (χ0n) is 6.15. The normalized spacial score (nSPS) is 9.83. The van der Waals surface area contributed by atoms with Crippen molar-refractivity contribution in [1.29, 1.82) is 0 Å². The molecule has 1 aromatic heterocycles. The van der Waals surface area contributed by atoms with Gasteiger partial charge in [-0.1, -0.05) is 0 Å². The van der Waals surface area contributed by atoms with E-state index in [1.54, 1.807) is 0 Å². The number of nitro groups is 1. The number of aromatic nitrogens is 1. The monoisotopic (exact) mass is 172 g/mol. The number of rotatable bonds is 1. The molecule has 5 nitrogen and oxygen atoms in total. The van der Waals surface area contributed by atoms with Gasteiger partial charge in [0.2, 0.25) is 6.20 Å². The lowest BCUT2D eigenvalue weighted by Crippen LogP contribution is -2.30. The van der Waals surface area contributed by atoms with Crippen molar-refractivity contribution in [3.05, 3.63) is 39.1 Å². The van der Waals surface area contributed by atoms with E-state index in [2.05, 4.69) is 0 Å². The van der Waals surface area contributed by atoms with Gasteiger partial charge >= 0.3 is 5.69 Å². The Bertz CT molecular complexity index is 340. The van der Waals surface area contributed by atoms with Crippen LogP contribution in [-0.2, 0) is 0 Å². The number of aryl methyl sites for hydroxylation is 1. The first-order chi connectivity index (χ1) is 5.52. The fraction of sp³-hybridized carbons (Fsp3) is 0.167. The molecule has 0 atom stereocenters. The van der Waals surface area contributed by atoms with E-state index < -0.39 is 16.4 Å². The van der Waals surface area contributed by atoms with Gasteiger partial charge in [-0.05, 0) is 0 Å². The van der Waals surface area contributed by atoms with Gasteiger partial charge in [0.05, 0.1) is 11.0 Å². The lowest BCUT2D eigenvalue weighted by molar-refractivity contribution is -0.614. The summed E-state index contributed by atoms with van der Waals surface area (Å²) in [5.74, 6) is -1.12. The minimum Gasteiger partial charge on any atom is -0.618 e. The van der Waals surface area contributed by atoms with Crippen LogP contribution in [0.15, 0.2) is 12.3 Å². The second-order valence-electron chi connectivity index (χ2n) is 2.23. The van der Waals surface area contributed by atoms with Crippen LogP contribution in [0.1, 0.15) is 5.69 Å². The van der Waals surface area contributed by atoms with E-state index in [9.17, 15) is 19.7 Å². The fourth-order valence-corrected chi connectivity index (χ4v) is 0.741. The third-order valence-corrected chi connectivity index (χ3v) is 1.37. The summed E-state index contributed by atoms with van der Waals surface area (Å²) in [4.78, 5) is 9.27. The van der Waals surface area contributed by atoms with Crippen molar-refractivity contribution in [3.63, 3.8) is 0 Å². The molecule has 0 saturated carbocycles. The summed E-state index contributed by atoms with van der Waals surface area (Å²) in [6.45, 7) is 1.36. The van der Waals surface area contributed by atoms with Gasteiger partial charge in [-0.3, -0.25) is 10.1 Å². The highest BCUT2D eigenvalue weighted by atomic mass is 19.1. The average molecular weight is 172 g/mol. The average Bonchev–Trinajstić information content (AvgIpc) is 1.96. The van der Waals surface area contributed by atoms with Crippen molar-refractivity contribution >= 4 is 5.69 Å². The standard InChI is InChI=1S/C6H5FN2O3/c1-4-2-6(9(11)12)5(7)3-8(4)10/h2-3H,1H3. The lowest BCUT2D eigenvalue weighted by Gasteiger charge is -1.99. The molecule has 1 aromatic rings. The van der Waals surface area contributed by atoms with Gasteiger partial charge in [0.25, 0.3) is 5.82 Å². The van der Waals surface area contributed by atoms with E-state index in [4.69, 9.17) is 0 Å². The Morgan fingerprint density at radius 3 is 2.75 bits per heavy atom. The molecule has 0 amide bonds. The highest BCUT2D eigenvalue weighted by Crippen LogP contribution is 2.14. The Morgan fingerprint density at radius 1 is 1.67 bits per heavy atom. The van der Waals surface area contributed by atoms with E-state index in [-0.39, 0.29) is 10.4 Å². The van der Waals surface area contributed by atoms with E-state index in [0.717, 1.165) is 6.07 Å². The van der Waals surface area contributed by atoms with Gasteiger partial charge in [0.1, 0.15) is 0 Å². The van der Waals surface area contributed by atoms with Crippen LogP contribution in [0.3, 0.4) is 0 Å². The molecular weight excluding hydrogens is 167 g/mol. The molecule has 1 rings (SSSR count). The smallest absolute Gasteiger partial charge is 0.317 e. The van der Waals surface area contributed by atoms with Crippen molar-refractivity contribution in [3.8, 4) is 0 Å². The highest BCUT2D eigenvalue weighted by Gasteiger charge is 2.18. The number of hydrogen-bond acceptors (Lipinski definition) is 3. The Hall–Kier alpha value is -1.72. The molecule has 0 bridgehead atoms. The molecule has 0 radical (unpaired) electrons. The molecule has 0 aliphatic heterocycles. The predicted molar refractivity (Wildman–Crippen MR) is 36.8 cm³/mol. The molecule has 0 unspecified atom stereocenters. The van der Waals surface area contributed by atoms with Crippen LogP contribution in [0.25, 0.3) is 0 Å². The van der Waals surface area contributed by atoms with Crippen molar-refractivity contribution < 1.29 is 14.0 Å². The number of halogens is 1. The largest absolute Gasteiger partial charge is 0.618 e. The Kier molecular flexibility index (Phi) is 1.90. The van der Waals surface area contributed by atoms with Crippen LogP contribution in [0, 0.1) is 28.1 Å². The first kappa shape index (κ1) is 8.38. The van der Waals surface area contributed by atoms with Gasteiger partial charge < -0.3 is 5.21 Å². The van der Waals surface area contributed by atoms with Crippen LogP contribution in [0.5, 0.6) is 0 Å². The summed E-state index contributed by atoms with van der Waals surface area (Å²) in [5.41, 5.74) is -0.595. The molecular formula is C6H5FN2O3. The Labute approximate surface area is 66.8 Å². The summed E-state index contributed by atoms with van der Waals surface area (Å²) in [7, 11) is 0. The molecule has 0 aliphatic rings. The second kappa shape index (κ2) is 2.72. The van der Waals surface area contributed by atoms with Crippen LogP contribution >= 0.6 is 0 Å². The second-order valence-corrected chi connectivity index (χ2v) is 2.23. The maximum atomic E-state index is 12.6. The molecule has 0 aromatic carbocycles. The number of hydrogen-bond donors (Lipinski definition) is 0. The molecule has 12 heavy (non-hydrogen) atoms. The zero-order valence-corrected chi connectivity index (χ0v) is 6.15. The first-order valence-corrected chi connectivity index (χ1v) is 3.06. The van der Waals surface area contributed by atoms with E-state index in [1.807, 2.05) is 0 Å².